The zero-order valence-corrected chi connectivity index (χ0v) is 22.6. The second kappa shape index (κ2) is 15.5. The maximum Gasteiger partial charge on any atom is 0.303 e. The van der Waals surface area contributed by atoms with Crippen molar-refractivity contribution in [2.45, 2.75) is 45.1 Å². The van der Waals surface area contributed by atoms with Crippen LogP contribution >= 0.6 is 0 Å². The lowest BCUT2D eigenvalue weighted by Gasteiger charge is -2.32. The summed E-state index contributed by atoms with van der Waals surface area (Å²) in [5.41, 5.74) is 3.26. The van der Waals surface area contributed by atoms with Crippen molar-refractivity contribution >= 4 is 11.8 Å². The molecule has 6 nitrogen and oxygen atoms in total. The van der Waals surface area contributed by atoms with Crippen LogP contribution in [-0.4, -0.2) is 36.7 Å². The Kier molecular flexibility index (Phi) is 11.2. The minimum absolute atomic E-state index is 0.0151. The number of carbonyl (C=O) groups excluding carboxylic acids is 2. The fourth-order valence-corrected chi connectivity index (χ4v) is 4.28. The highest BCUT2D eigenvalue weighted by molar-refractivity contribution is 6.00. The summed E-state index contributed by atoms with van der Waals surface area (Å²) >= 11 is 0. The van der Waals surface area contributed by atoms with Crippen LogP contribution in [0.1, 0.15) is 34.0 Å². The molecule has 0 aliphatic heterocycles. The summed E-state index contributed by atoms with van der Waals surface area (Å²) in [7, 11) is 0. The van der Waals surface area contributed by atoms with Crippen molar-refractivity contribution in [3.63, 3.8) is 0 Å². The molecule has 0 heterocycles. The number of Topliss-reactive ketones (excluding diaryl/α,β-unsaturated/α-hetero) is 1. The number of benzene rings is 4. The molecule has 4 aromatic rings. The maximum absolute atomic E-state index is 13.9. The quantitative estimate of drug-likeness (QED) is 0.133. The second-order valence-electron chi connectivity index (χ2n) is 9.36. The lowest BCUT2D eigenvalue weighted by molar-refractivity contribution is -0.174. The van der Waals surface area contributed by atoms with Gasteiger partial charge in [0, 0.05) is 12.5 Å². The normalized spacial score (nSPS) is 13.2. The summed E-state index contributed by atoms with van der Waals surface area (Å²) in [6, 6.07) is 37.8. The Morgan fingerprint density at radius 1 is 0.600 bits per heavy atom. The molecule has 0 N–H and O–H groups in total. The molecule has 0 unspecified atom stereocenters. The fourth-order valence-electron chi connectivity index (χ4n) is 4.28. The highest BCUT2D eigenvalue weighted by Crippen LogP contribution is 2.22. The van der Waals surface area contributed by atoms with Gasteiger partial charge in [-0.25, -0.2) is 0 Å². The molecule has 0 radical (unpaired) electrons. The number of ether oxygens (including phenoxy) is 4. The third-order valence-electron chi connectivity index (χ3n) is 6.25. The summed E-state index contributed by atoms with van der Waals surface area (Å²) in [6.45, 7) is 2.02. The summed E-state index contributed by atoms with van der Waals surface area (Å²) in [5, 5.41) is 0. The number of rotatable bonds is 15. The Balaban J connectivity index is 1.64. The minimum Gasteiger partial charge on any atom is -0.457 e. The van der Waals surface area contributed by atoms with E-state index in [1.165, 1.54) is 6.92 Å². The summed E-state index contributed by atoms with van der Waals surface area (Å²) in [6.07, 6.45) is -2.93. The standard InChI is InChI=1S/C34H34O6/c1-26(35)40-31(25-37-22-27-14-6-2-7-15-27)33(38-23-28-16-8-3-9-17-28)34(32(36)30-20-12-5-13-21-30)39-24-29-18-10-4-11-19-29/h2-21,31,33-34H,22-25H2,1H3/t31-,33-,34+/m1/s1. The molecule has 0 saturated carbocycles. The molecule has 0 saturated heterocycles. The Labute approximate surface area is 235 Å². The molecule has 0 bridgehead atoms. The van der Waals surface area contributed by atoms with E-state index in [2.05, 4.69) is 0 Å². The van der Waals surface area contributed by atoms with Gasteiger partial charge in [0.25, 0.3) is 0 Å². The first-order valence-corrected chi connectivity index (χ1v) is 13.3. The van der Waals surface area contributed by atoms with Gasteiger partial charge in [0.05, 0.1) is 26.4 Å². The van der Waals surface area contributed by atoms with E-state index in [4.69, 9.17) is 18.9 Å². The first kappa shape index (κ1) is 28.9. The molecule has 0 amide bonds. The molecule has 4 rings (SSSR count). The van der Waals surface area contributed by atoms with Crippen molar-refractivity contribution < 1.29 is 28.5 Å². The van der Waals surface area contributed by atoms with E-state index in [0.717, 1.165) is 16.7 Å². The second-order valence-corrected chi connectivity index (χ2v) is 9.36. The van der Waals surface area contributed by atoms with Gasteiger partial charge in [-0.3, -0.25) is 9.59 Å². The zero-order valence-electron chi connectivity index (χ0n) is 22.6. The highest BCUT2D eigenvalue weighted by atomic mass is 16.6. The van der Waals surface area contributed by atoms with Crippen LogP contribution in [0, 0.1) is 0 Å². The van der Waals surface area contributed by atoms with E-state index in [9.17, 15) is 9.59 Å². The zero-order chi connectivity index (χ0) is 28.0. The van der Waals surface area contributed by atoms with Crippen molar-refractivity contribution in [2.24, 2.45) is 0 Å². The van der Waals surface area contributed by atoms with Crippen molar-refractivity contribution in [1.82, 2.24) is 0 Å². The minimum atomic E-state index is -1.07. The van der Waals surface area contributed by atoms with Gasteiger partial charge >= 0.3 is 5.97 Å². The van der Waals surface area contributed by atoms with Gasteiger partial charge in [0.1, 0.15) is 6.10 Å². The lowest BCUT2D eigenvalue weighted by Crippen LogP contribution is -2.49. The Morgan fingerprint density at radius 2 is 1.05 bits per heavy atom. The van der Waals surface area contributed by atoms with Crippen LogP contribution in [0.5, 0.6) is 0 Å². The third-order valence-corrected chi connectivity index (χ3v) is 6.25. The maximum atomic E-state index is 13.9. The monoisotopic (exact) mass is 538 g/mol. The van der Waals surface area contributed by atoms with Gasteiger partial charge in [-0.1, -0.05) is 121 Å². The first-order valence-electron chi connectivity index (χ1n) is 13.3. The molecule has 4 aromatic carbocycles. The lowest BCUT2D eigenvalue weighted by atomic mass is 9.98. The molecule has 3 atom stereocenters. The van der Waals surface area contributed by atoms with E-state index >= 15 is 0 Å². The molecular formula is C34H34O6. The highest BCUT2D eigenvalue weighted by Gasteiger charge is 2.39. The number of esters is 1. The van der Waals surface area contributed by atoms with Crippen LogP contribution in [0.4, 0.5) is 0 Å². The van der Waals surface area contributed by atoms with Crippen LogP contribution in [0.25, 0.3) is 0 Å². The van der Waals surface area contributed by atoms with Crippen LogP contribution < -0.4 is 0 Å². The predicted molar refractivity (Wildman–Crippen MR) is 152 cm³/mol. The summed E-state index contributed by atoms with van der Waals surface area (Å²) in [4.78, 5) is 26.2. The largest absolute Gasteiger partial charge is 0.457 e. The molecule has 206 valence electrons. The summed E-state index contributed by atoms with van der Waals surface area (Å²) in [5.74, 6) is -0.773. The Hall–Kier alpha value is -4.10. The van der Waals surface area contributed by atoms with Gasteiger partial charge in [0.15, 0.2) is 18.0 Å². The van der Waals surface area contributed by atoms with Gasteiger partial charge in [0.2, 0.25) is 0 Å². The Morgan fingerprint density at radius 3 is 1.55 bits per heavy atom. The van der Waals surface area contributed by atoms with Crippen molar-refractivity contribution in [3.8, 4) is 0 Å². The summed E-state index contributed by atoms with van der Waals surface area (Å²) < 4.78 is 24.4. The predicted octanol–water partition coefficient (Wildman–Crippen LogP) is 6.19. The van der Waals surface area contributed by atoms with Gasteiger partial charge in [-0.15, -0.1) is 0 Å². The van der Waals surface area contributed by atoms with Gasteiger partial charge in [-0.05, 0) is 16.7 Å². The fraction of sp³-hybridized carbons (Fsp3) is 0.235. The van der Waals surface area contributed by atoms with Crippen molar-refractivity contribution in [2.75, 3.05) is 6.61 Å². The molecule has 6 heteroatoms. The molecule has 0 aliphatic rings. The molecular weight excluding hydrogens is 504 g/mol. The van der Waals surface area contributed by atoms with E-state index in [0.29, 0.717) is 12.2 Å². The van der Waals surface area contributed by atoms with Crippen molar-refractivity contribution in [3.05, 3.63) is 144 Å². The average molecular weight is 539 g/mol. The molecule has 0 aliphatic carbocycles. The van der Waals surface area contributed by atoms with Crippen LogP contribution in [0.3, 0.4) is 0 Å². The number of hydrogen-bond donors (Lipinski definition) is 0. The Bertz CT molecular complexity index is 1300. The van der Waals surface area contributed by atoms with Crippen LogP contribution in [0.2, 0.25) is 0 Å². The number of carbonyl (C=O) groups is 2. The third kappa shape index (κ3) is 8.99. The van der Waals surface area contributed by atoms with Crippen molar-refractivity contribution in [1.29, 1.82) is 0 Å². The van der Waals surface area contributed by atoms with E-state index in [-0.39, 0.29) is 25.6 Å². The van der Waals surface area contributed by atoms with Crippen LogP contribution in [0.15, 0.2) is 121 Å². The van der Waals surface area contributed by atoms with Gasteiger partial charge < -0.3 is 18.9 Å². The van der Waals surface area contributed by atoms with E-state index in [1.54, 1.807) is 24.3 Å². The molecule has 0 fully saturated rings. The molecule has 0 spiro atoms. The number of hydrogen-bond acceptors (Lipinski definition) is 6. The topological polar surface area (TPSA) is 71.1 Å². The molecule has 0 aromatic heterocycles. The first-order chi connectivity index (χ1) is 19.6. The average Bonchev–Trinajstić information content (AvgIpc) is 3.00. The van der Waals surface area contributed by atoms with Gasteiger partial charge in [-0.2, -0.15) is 0 Å². The van der Waals surface area contributed by atoms with Crippen LogP contribution in [-0.2, 0) is 43.6 Å². The SMILES string of the molecule is CC(=O)O[C@H](COCc1ccccc1)[C@@H](OCc1ccccc1)[C@@H](OCc1ccccc1)C(=O)c1ccccc1. The van der Waals surface area contributed by atoms with E-state index in [1.807, 2.05) is 97.1 Å². The number of ketones is 1. The molecule has 40 heavy (non-hydrogen) atoms. The smallest absolute Gasteiger partial charge is 0.303 e. The van der Waals surface area contributed by atoms with E-state index < -0.39 is 24.3 Å².